The number of rotatable bonds is 2. The quantitative estimate of drug-likeness (QED) is 0.829. The van der Waals surface area contributed by atoms with Gasteiger partial charge in [0.2, 0.25) is 0 Å². The van der Waals surface area contributed by atoms with Crippen molar-refractivity contribution < 1.29 is 0 Å². The van der Waals surface area contributed by atoms with E-state index in [1.807, 2.05) is 0 Å². The van der Waals surface area contributed by atoms with E-state index in [4.69, 9.17) is 0 Å². The van der Waals surface area contributed by atoms with Gasteiger partial charge in [0.05, 0.1) is 0 Å². The highest BCUT2D eigenvalue weighted by Crippen LogP contribution is 2.36. The standard InChI is InChI=1S/C18H34N2/c1-14-9-10-18(15(14)2)20-12-6-11-19-17(13-20)16-7-4-3-5-8-16/h14-19H,3-13H2,1-2H3. The van der Waals surface area contributed by atoms with Gasteiger partial charge in [-0.2, -0.15) is 0 Å². The van der Waals surface area contributed by atoms with E-state index in [-0.39, 0.29) is 0 Å². The summed E-state index contributed by atoms with van der Waals surface area (Å²) >= 11 is 0. The van der Waals surface area contributed by atoms with Gasteiger partial charge >= 0.3 is 0 Å². The van der Waals surface area contributed by atoms with E-state index < -0.39 is 0 Å². The van der Waals surface area contributed by atoms with Crippen LogP contribution in [0.15, 0.2) is 0 Å². The Hall–Kier alpha value is -0.0800. The minimum Gasteiger partial charge on any atom is -0.312 e. The van der Waals surface area contributed by atoms with Crippen LogP contribution in [-0.2, 0) is 0 Å². The summed E-state index contributed by atoms with van der Waals surface area (Å²) in [5.41, 5.74) is 0. The molecule has 0 aromatic rings. The second-order valence-corrected chi connectivity index (χ2v) is 7.79. The lowest BCUT2D eigenvalue weighted by atomic mass is 9.83. The Labute approximate surface area is 125 Å². The first-order chi connectivity index (χ1) is 9.75. The van der Waals surface area contributed by atoms with E-state index in [2.05, 4.69) is 24.1 Å². The summed E-state index contributed by atoms with van der Waals surface area (Å²) in [6.45, 7) is 8.86. The van der Waals surface area contributed by atoms with E-state index >= 15 is 0 Å². The first-order valence-electron chi connectivity index (χ1n) is 9.23. The molecule has 1 heterocycles. The molecule has 2 heteroatoms. The average Bonchev–Trinajstić information content (AvgIpc) is 2.71. The van der Waals surface area contributed by atoms with Gasteiger partial charge < -0.3 is 5.32 Å². The number of hydrogen-bond acceptors (Lipinski definition) is 2. The largest absolute Gasteiger partial charge is 0.312 e. The molecule has 2 aliphatic carbocycles. The van der Waals surface area contributed by atoms with Crippen molar-refractivity contribution in [3.05, 3.63) is 0 Å². The molecule has 0 amide bonds. The van der Waals surface area contributed by atoms with Gasteiger partial charge in [-0.25, -0.2) is 0 Å². The van der Waals surface area contributed by atoms with Crippen molar-refractivity contribution >= 4 is 0 Å². The third-order valence-corrected chi connectivity index (χ3v) is 6.57. The molecule has 0 aromatic carbocycles. The normalized spacial score (nSPS) is 41.7. The highest BCUT2D eigenvalue weighted by molar-refractivity contribution is 4.92. The van der Waals surface area contributed by atoms with Gasteiger partial charge in [0.1, 0.15) is 0 Å². The lowest BCUT2D eigenvalue weighted by Crippen LogP contribution is -2.47. The Bertz CT molecular complexity index is 298. The van der Waals surface area contributed by atoms with Crippen LogP contribution in [0.4, 0.5) is 0 Å². The molecule has 3 rings (SSSR count). The SMILES string of the molecule is CC1CCC(N2CCCNC(C3CCCCC3)C2)C1C. The molecule has 20 heavy (non-hydrogen) atoms. The number of hydrogen-bond donors (Lipinski definition) is 1. The molecule has 4 unspecified atom stereocenters. The minimum atomic E-state index is 0.779. The summed E-state index contributed by atoms with van der Waals surface area (Å²) in [5, 5.41) is 3.89. The molecule has 0 radical (unpaired) electrons. The highest BCUT2D eigenvalue weighted by Gasteiger charge is 2.36. The summed E-state index contributed by atoms with van der Waals surface area (Å²) in [7, 11) is 0. The zero-order valence-corrected chi connectivity index (χ0v) is 13.6. The van der Waals surface area contributed by atoms with Crippen molar-refractivity contribution in [2.45, 2.75) is 77.3 Å². The lowest BCUT2D eigenvalue weighted by molar-refractivity contribution is 0.134. The summed E-state index contributed by atoms with van der Waals surface area (Å²) < 4.78 is 0. The smallest absolute Gasteiger partial charge is 0.0223 e. The molecule has 0 spiro atoms. The van der Waals surface area contributed by atoms with Crippen molar-refractivity contribution in [3.8, 4) is 0 Å². The fourth-order valence-corrected chi connectivity index (χ4v) is 4.99. The van der Waals surface area contributed by atoms with Crippen LogP contribution in [0, 0.1) is 17.8 Å². The topological polar surface area (TPSA) is 15.3 Å². The predicted molar refractivity (Wildman–Crippen MR) is 85.9 cm³/mol. The van der Waals surface area contributed by atoms with Gasteiger partial charge in [-0.1, -0.05) is 33.1 Å². The fraction of sp³-hybridized carbons (Fsp3) is 1.00. The van der Waals surface area contributed by atoms with Crippen molar-refractivity contribution in [2.24, 2.45) is 17.8 Å². The van der Waals surface area contributed by atoms with Crippen LogP contribution in [0.2, 0.25) is 0 Å². The maximum atomic E-state index is 3.89. The Balaban J connectivity index is 1.62. The van der Waals surface area contributed by atoms with E-state index in [1.165, 1.54) is 71.0 Å². The summed E-state index contributed by atoms with van der Waals surface area (Å²) in [5.74, 6) is 2.79. The Morgan fingerprint density at radius 3 is 2.40 bits per heavy atom. The fourth-order valence-electron chi connectivity index (χ4n) is 4.99. The molecular formula is C18H34N2. The van der Waals surface area contributed by atoms with E-state index in [0.29, 0.717) is 0 Å². The Morgan fingerprint density at radius 2 is 1.70 bits per heavy atom. The van der Waals surface area contributed by atoms with E-state index in [9.17, 15) is 0 Å². The maximum Gasteiger partial charge on any atom is 0.0223 e. The van der Waals surface area contributed by atoms with Crippen LogP contribution in [0.1, 0.15) is 65.2 Å². The average molecular weight is 278 g/mol. The van der Waals surface area contributed by atoms with Gasteiger partial charge in [0.15, 0.2) is 0 Å². The van der Waals surface area contributed by atoms with Crippen LogP contribution in [-0.4, -0.2) is 36.6 Å². The van der Waals surface area contributed by atoms with Crippen LogP contribution in [0.5, 0.6) is 0 Å². The number of nitrogens with zero attached hydrogens (tertiary/aromatic N) is 1. The molecule has 4 atom stereocenters. The Morgan fingerprint density at radius 1 is 0.900 bits per heavy atom. The third-order valence-electron chi connectivity index (χ3n) is 6.57. The lowest BCUT2D eigenvalue weighted by Gasteiger charge is -2.37. The second-order valence-electron chi connectivity index (χ2n) is 7.79. The number of nitrogens with one attached hydrogen (secondary N) is 1. The van der Waals surface area contributed by atoms with Crippen LogP contribution in [0.25, 0.3) is 0 Å². The molecule has 3 fully saturated rings. The molecule has 1 aliphatic heterocycles. The molecule has 116 valence electrons. The third kappa shape index (κ3) is 3.22. The highest BCUT2D eigenvalue weighted by atomic mass is 15.2. The molecule has 2 saturated carbocycles. The first-order valence-corrected chi connectivity index (χ1v) is 9.23. The Kier molecular flexibility index (Phi) is 5.04. The summed E-state index contributed by atoms with van der Waals surface area (Å²) in [4.78, 5) is 2.87. The molecular weight excluding hydrogens is 244 g/mol. The van der Waals surface area contributed by atoms with Gasteiger partial charge in [0, 0.05) is 18.6 Å². The molecule has 3 aliphatic rings. The van der Waals surface area contributed by atoms with Gasteiger partial charge in [-0.3, -0.25) is 4.90 Å². The van der Waals surface area contributed by atoms with Crippen LogP contribution in [0.3, 0.4) is 0 Å². The molecule has 0 bridgehead atoms. The molecule has 1 N–H and O–H groups in total. The van der Waals surface area contributed by atoms with Crippen LogP contribution >= 0.6 is 0 Å². The molecule has 1 saturated heterocycles. The van der Waals surface area contributed by atoms with Crippen molar-refractivity contribution in [3.63, 3.8) is 0 Å². The zero-order chi connectivity index (χ0) is 13.9. The maximum absolute atomic E-state index is 3.89. The molecule has 2 nitrogen and oxygen atoms in total. The summed E-state index contributed by atoms with van der Waals surface area (Å²) in [6.07, 6.45) is 11.6. The van der Waals surface area contributed by atoms with Crippen molar-refractivity contribution in [2.75, 3.05) is 19.6 Å². The van der Waals surface area contributed by atoms with Crippen molar-refractivity contribution in [1.29, 1.82) is 0 Å². The van der Waals surface area contributed by atoms with Crippen LogP contribution < -0.4 is 5.32 Å². The van der Waals surface area contributed by atoms with Gasteiger partial charge in [-0.15, -0.1) is 0 Å². The summed E-state index contributed by atoms with van der Waals surface area (Å²) in [6, 6.07) is 1.65. The van der Waals surface area contributed by atoms with E-state index in [1.54, 1.807) is 0 Å². The minimum absolute atomic E-state index is 0.779. The van der Waals surface area contributed by atoms with Gasteiger partial charge in [-0.05, 0) is 62.9 Å². The second kappa shape index (κ2) is 6.79. The van der Waals surface area contributed by atoms with E-state index in [0.717, 1.165) is 29.8 Å². The molecule has 0 aromatic heterocycles. The zero-order valence-electron chi connectivity index (χ0n) is 13.6. The van der Waals surface area contributed by atoms with Gasteiger partial charge in [0.25, 0.3) is 0 Å². The van der Waals surface area contributed by atoms with Crippen molar-refractivity contribution in [1.82, 2.24) is 10.2 Å². The predicted octanol–water partition coefficient (Wildman–Crippen LogP) is 3.67. The first kappa shape index (κ1) is 14.8. The monoisotopic (exact) mass is 278 g/mol.